The number of hydrogen-bond acceptors (Lipinski definition) is 9. The number of amides is 3. The summed E-state index contributed by atoms with van der Waals surface area (Å²) in [5.74, 6) is -2.44. The van der Waals surface area contributed by atoms with E-state index in [0.717, 1.165) is 11.1 Å². The molecule has 1 unspecified atom stereocenters. The number of carbonyl (C=O) groups is 3. The summed E-state index contributed by atoms with van der Waals surface area (Å²) in [6.07, 6.45) is -2.28. The smallest absolute Gasteiger partial charge is 0.453 e. The van der Waals surface area contributed by atoms with Gasteiger partial charge in [-0.15, -0.1) is 5.10 Å². The molecule has 2 N–H and O–H groups in total. The molecule has 3 saturated heterocycles. The minimum atomic E-state index is -4.82. The molecule has 19 heteroatoms. The third kappa shape index (κ3) is 9.12. The summed E-state index contributed by atoms with van der Waals surface area (Å²) in [6, 6.07) is 19.3. The number of alkyl halides is 3. The number of tetrazole rings is 1. The zero-order valence-corrected chi connectivity index (χ0v) is 33.8. The molecular formula is C40H44Cl2F3N9O5. The molecule has 314 valence electrons. The van der Waals surface area contributed by atoms with Gasteiger partial charge in [-0.1, -0.05) is 59.6 Å². The minimum absolute atomic E-state index is 0.0485. The van der Waals surface area contributed by atoms with Gasteiger partial charge in [0.2, 0.25) is 0 Å². The average Bonchev–Trinajstić information content (AvgIpc) is 3.91. The van der Waals surface area contributed by atoms with E-state index in [1.54, 1.807) is 15.9 Å². The molecule has 0 aliphatic carbocycles. The predicted octanol–water partition coefficient (Wildman–Crippen LogP) is 5.57. The molecule has 4 aromatic rings. The normalized spacial score (nSPS) is 20.1. The molecule has 14 nitrogen and oxygen atoms in total. The van der Waals surface area contributed by atoms with E-state index < -0.39 is 34.8 Å². The van der Waals surface area contributed by atoms with Gasteiger partial charge >= 0.3 is 18.2 Å². The second-order valence-corrected chi connectivity index (χ2v) is 16.1. The van der Waals surface area contributed by atoms with E-state index in [4.69, 9.17) is 27.9 Å². The van der Waals surface area contributed by atoms with E-state index in [2.05, 4.69) is 25.7 Å². The van der Waals surface area contributed by atoms with Gasteiger partial charge in [-0.2, -0.15) is 17.9 Å². The highest BCUT2D eigenvalue weighted by Gasteiger charge is 2.44. The predicted molar refractivity (Wildman–Crippen MR) is 212 cm³/mol. The molecule has 0 saturated carbocycles. The fourth-order valence-corrected chi connectivity index (χ4v) is 8.81. The maximum absolute atomic E-state index is 14.3. The standard InChI is InChI=1S/C40H44Cl2F3N9O5/c1-59-33-10-8-29(54-36(40(43,44)45)47-48-49-54)24-30(33)35(57)53-18-12-38(26-53,28-7-9-31(41)32(42)23-28)11-15-50-16-13-39(14-17-50,27-5-3-2-4-6-27)46-37(58)52-21-19-51(20-22-52)25-34(55)56/h2-10,23-24H,11-22,25-26H2,1H3,(H,46,58)(H,55,56). The third-order valence-electron chi connectivity index (χ3n) is 11.9. The van der Waals surface area contributed by atoms with Gasteiger partial charge in [0.15, 0.2) is 0 Å². The quantitative estimate of drug-likeness (QED) is 0.196. The first kappa shape index (κ1) is 42.2. The number of rotatable bonds is 11. The number of piperidine rings is 1. The van der Waals surface area contributed by atoms with E-state index in [0.29, 0.717) is 99.3 Å². The summed E-state index contributed by atoms with van der Waals surface area (Å²) in [5.41, 5.74) is 0.797. The number of carboxylic acids is 1. The van der Waals surface area contributed by atoms with Crippen molar-refractivity contribution in [1.82, 2.24) is 45.1 Å². The van der Waals surface area contributed by atoms with Crippen LogP contribution in [0.5, 0.6) is 5.75 Å². The number of urea groups is 1. The Kier molecular flexibility index (Phi) is 12.4. The summed E-state index contributed by atoms with van der Waals surface area (Å²) in [5, 5.41) is 23.2. The first-order chi connectivity index (χ1) is 28.2. The average molecular weight is 859 g/mol. The van der Waals surface area contributed by atoms with Gasteiger partial charge < -0.3 is 29.9 Å². The number of nitrogens with zero attached hydrogens (tertiary/aromatic N) is 8. The van der Waals surface area contributed by atoms with Crippen LogP contribution < -0.4 is 10.1 Å². The summed E-state index contributed by atoms with van der Waals surface area (Å²) in [7, 11) is 1.38. The summed E-state index contributed by atoms with van der Waals surface area (Å²) in [6.45, 7) is 4.48. The maximum atomic E-state index is 14.3. The van der Waals surface area contributed by atoms with E-state index in [1.165, 1.54) is 25.3 Å². The van der Waals surface area contributed by atoms with Crippen LogP contribution in [0.25, 0.3) is 5.69 Å². The second-order valence-electron chi connectivity index (χ2n) is 15.3. The van der Waals surface area contributed by atoms with E-state index in [-0.39, 0.29) is 29.6 Å². The highest BCUT2D eigenvalue weighted by Crippen LogP contribution is 2.42. The monoisotopic (exact) mass is 857 g/mol. The van der Waals surface area contributed by atoms with Crippen molar-refractivity contribution in [1.29, 1.82) is 0 Å². The molecule has 3 amide bonds. The minimum Gasteiger partial charge on any atom is -0.496 e. The van der Waals surface area contributed by atoms with Crippen LogP contribution in [0.2, 0.25) is 10.0 Å². The van der Waals surface area contributed by atoms with Crippen LogP contribution >= 0.6 is 23.2 Å². The van der Waals surface area contributed by atoms with Gasteiger partial charge in [-0.05, 0) is 84.1 Å². The molecule has 0 bridgehead atoms. The number of methoxy groups -OCH3 is 1. The first-order valence-electron chi connectivity index (χ1n) is 19.3. The van der Waals surface area contributed by atoms with Gasteiger partial charge in [-0.25, -0.2) is 4.79 Å². The number of aromatic nitrogens is 4. The lowest BCUT2D eigenvalue weighted by molar-refractivity contribution is -0.146. The Morgan fingerprint density at radius 2 is 1.58 bits per heavy atom. The Morgan fingerprint density at radius 1 is 0.847 bits per heavy atom. The summed E-state index contributed by atoms with van der Waals surface area (Å²) in [4.78, 5) is 46.8. The maximum Gasteiger partial charge on any atom is 0.453 e. The molecule has 7 rings (SSSR count). The van der Waals surface area contributed by atoms with Crippen molar-refractivity contribution in [2.45, 2.75) is 42.8 Å². The van der Waals surface area contributed by atoms with Crippen LogP contribution in [0.3, 0.4) is 0 Å². The molecule has 3 aliphatic heterocycles. The van der Waals surface area contributed by atoms with Crippen LogP contribution in [0.1, 0.15) is 53.0 Å². The van der Waals surface area contributed by atoms with Crippen molar-refractivity contribution < 1.29 is 37.4 Å². The highest BCUT2D eigenvalue weighted by atomic mass is 35.5. The van der Waals surface area contributed by atoms with Crippen molar-refractivity contribution in [2.75, 3.05) is 72.6 Å². The lowest BCUT2D eigenvalue weighted by Gasteiger charge is -2.45. The molecule has 59 heavy (non-hydrogen) atoms. The fraction of sp³-hybridized carbons (Fsp3) is 0.450. The molecule has 0 spiro atoms. The Balaban J connectivity index is 1.08. The Bertz CT molecular complexity index is 2160. The van der Waals surface area contributed by atoms with Gasteiger partial charge in [0.1, 0.15) is 5.75 Å². The van der Waals surface area contributed by atoms with Gasteiger partial charge in [0, 0.05) is 57.8 Å². The number of carboxylic acid groups (broad SMARTS) is 1. The molecule has 4 heterocycles. The van der Waals surface area contributed by atoms with Crippen LogP contribution in [0.4, 0.5) is 18.0 Å². The Hall–Kier alpha value is -4.97. The summed E-state index contributed by atoms with van der Waals surface area (Å²) < 4.78 is 47.1. The number of hydrogen-bond donors (Lipinski definition) is 2. The number of benzene rings is 3. The SMILES string of the molecule is COc1ccc(-n2nnnc2C(F)(F)F)cc1C(=O)N1CCC(CCN2CCC(NC(=O)N3CCN(CC(=O)O)CC3)(c3ccccc3)CC2)(c2ccc(Cl)c(Cl)c2)C1. The van der Waals surface area contributed by atoms with Crippen LogP contribution in [-0.2, 0) is 21.9 Å². The number of likely N-dealkylation sites (tertiary alicyclic amines) is 2. The van der Waals surface area contributed by atoms with E-state index >= 15 is 0 Å². The van der Waals surface area contributed by atoms with Crippen molar-refractivity contribution in [3.63, 3.8) is 0 Å². The third-order valence-corrected chi connectivity index (χ3v) is 12.6. The zero-order valence-electron chi connectivity index (χ0n) is 32.3. The van der Waals surface area contributed by atoms with Crippen LogP contribution in [0.15, 0.2) is 66.7 Å². The second kappa shape index (κ2) is 17.3. The van der Waals surface area contributed by atoms with Crippen LogP contribution in [0, 0.1) is 0 Å². The largest absolute Gasteiger partial charge is 0.496 e. The number of ether oxygens (including phenoxy) is 1. The topological polar surface area (TPSA) is 149 Å². The first-order valence-corrected chi connectivity index (χ1v) is 20.0. The highest BCUT2D eigenvalue weighted by molar-refractivity contribution is 6.42. The molecular weight excluding hydrogens is 814 g/mol. The van der Waals surface area contributed by atoms with Crippen LogP contribution in [-0.4, -0.2) is 135 Å². The van der Waals surface area contributed by atoms with E-state index in [9.17, 15) is 32.7 Å². The lowest BCUT2D eigenvalue weighted by atomic mass is 9.76. The molecule has 0 radical (unpaired) electrons. The zero-order chi connectivity index (χ0) is 42.0. The van der Waals surface area contributed by atoms with Crippen molar-refractivity contribution in [2.24, 2.45) is 0 Å². The number of carbonyl (C=O) groups excluding carboxylic acids is 2. The molecule has 1 aromatic heterocycles. The molecule has 3 aliphatic rings. The van der Waals surface area contributed by atoms with Gasteiger partial charge in [0.05, 0.1) is 40.5 Å². The Morgan fingerprint density at radius 3 is 2.24 bits per heavy atom. The Labute approximate surface area is 348 Å². The van der Waals surface area contributed by atoms with Crippen molar-refractivity contribution in [3.05, 3.63) is 99.3 Å². The number of nitrogens with one attached hydrogen (secondary N) is 1. The molecule has 3 fully saturated rings. The van der Waals surface area contributed by atoms with Gasteiger partial charge in [-0.3, -0.25) is 14.5 Å². The lowest BCUT2D eigenvalue weighted by Crippen LogP contribution is -2.59. The number of piperazine rings is 1. The number of halogens is 5. The van der Waals surface area contributed by atoms with Crippen molar-refractivity contribution in [3.8, 4) is 11.4 Å². The van der Waals surface area contributed by atoms with E-state index in [1.807, 2.05) is 47.4 Å². The van der Waals surface area contributed by atoms with Crippen molar-refractivity contribution >= 4 is 41.1 Å². The number of aliphatic carboxylic acids is 1. The molecule has 3 aromatic carbocycles. The van der Waals surface area contributed by atoms with Gasteiger partial charge in [0.25, 0.3) is 11.7 Å². The molecule has 1 atom stereocenters. The fourth-order valence-electron chi connectivity index (χ4n) is 8.52. The summed E-state index contributed by atoms with van der Waals surface area (Å²) >= 11 is 12.9.